The summed E-state index contributed by atoms with van der Waals surface area (Å²) >= 11 is 0. The topological polar surface area (TPSA) is 27.6 Å². The van der Waals surface area contributed by atoms with E-state index in [-0.39, 0.29) is 29.8 Å². The first-order valence-corrected chi connectivity index (χ1v) is 6.91. The van der Waals surface area contributed by atoms with Gasteiger partial charge in [-0.15, -0.1) is 24.0 Å². The van der Waals surface area contributed by atoms with Crippen molar-refractivity contribution in [3.8, 4) is 0 Å². The minimum atomic E-state index is -0.159. The van der Waals surface area contributed by atoms with Gasteiger partial charge in [0, 0.05) is 20.1 Å². The number of rotatable bonds is 4. The first-order valence-electron chi connectivity index (χ1n) is 6.91. The Morgan fingerprint density at radius 3 is 2.55 bits per heavy atom. The molecule has 3 nitrogen and oxygen atoms in total. The molecular formula is C15H21FIN3. The summed E-state index contributed by atoms with van der Waals surface area (Å²) in [4.78, 5) is 6.61. The van der Waals surface area contributed by atoms with Crippen LogP contribution in [-0.4, -0.2) is 37.5 Å². The lowest BCUT2D eigenvalue weighted by atomic mass is 9.96. The Kier molecular flexibility index (Phi) is 4.88. The van der Waals surface area contributed by atoms with E-state index in [4.69, 9.17) is 0 Å². The van der Waals surface area contributed by atoms with Crippen molar-refractivity contribution in [1.82, 2.24) is 10.2 Å². The van der Waals surface area contributed by atoms with Gasteiger partial charge in [-0.1, -0.05) is 12.1 Å². The van der Waals surface area contributed by atoms with Crippen LogP contribution in [0.3, 0.4) is 0 Å². The predicted octanol–water partition coefficient (Wildman–Crippen LogP) is 2.66. The number of nitrogens with zero attached hydrogens (tertiary/aromatic N) is 2. The van der Waals surface area contributed by atoms with Gasteiger partial charge in [0.15, 0.2) is 5.96 Å². The second-order valence-corrected chi connectivity index (χ2v) is 5.78. The third-order valence-corrected chi connectivity index (χ3v) is 4.13. The summed E-state index contributed by atoms with van der Waals surface area (Å²) in [6.45, 7) is 2.87. The number of halogens is 2. The second-order valence-electron chi connectivity index (χ2n) is 5.78. The van der Waals surface area contributed by atoms with Gasteiger partial charge < -0.3 is 10.2 Å². The molecular weight excluding hydrogens is 368 g/mol. The number of benzene rings is 1. The molecule has 0 amide bonds. The second kappa shape index (κ2) is 6.28. The molecule has 5 heteroatoms. The average Bonchev–Trinajstić information content (AvgIpc) is 3.04. The van der Waals surface area contributed by atoms with Crippen molar-refractivity contribution in [1.29, 1.82) is 0 Å². The van der Waals surface area contributed by atoms with Crippen LogP contribution in [0.5, 0.6) is 0 Å². The minimum absolute atomic E-state index is 0. The fraction of sp³-hybridized carbons (Fsp3) is 0.533. The fourth-order valence-corrected chi connectivity index (χ4v) is 2.62. The van der Waals surface area contributed by atoms with E-state index in [1.807, 2.05) is 12.1 Å². The van der Waals surface area contributed by atoms with Crippen LogP contribution < -0.4 is 5.32 Å². The summed E-state index contributed by atoms with van der Waals surface area (Å²) in [7, 11) is 2.07. The van der Waals surface area contributed by atoms with Gasteiger partial charge in [0.05, 0.1) is 6.54 Å². The van der Waals surface area contributed by atoms with Gasteiger partial charge >= 0.3 is 0 Å². The van der Waals surface area contributed by atoms with Crippen molar-refractivity contribution < 1.29 is 4.39 Å². The lowest BCUT2D eigenvalue weighted by Crippen LogP contribution is -2.39. The highest BCUT2D eigenvalue weighted by Crippen LogP contribution is 2.47. The number of hydrogen-bond acceptors (Lipinski definition) is 3. The fourth-order valence-electron chi connectivity index (χ4n) is 2.62. The zero-order chi connectivity index (χ0) is 13.3. The van der Waals surface area contributed by atoms with Crippen LogP contribution in [0.15, 0.2) is 29.3 Å². The van der Waals surface area contributed by atoms with Crippen LogP contribution in [0.25, 0.3) is 0 Å². The Labute approximate surface area is 136 Å². The van der Waals surface area contributed by atoms with Gasteiger partial charge in [0.1, 0.15) is 5.82 Å². The monoisotopic (exact) mass is 389 g/mol. The van der Waals surface area contributed by atoms with E-state index in [2.05, 4.69) is 22.3 Å². The summed E-state index contributed by atoms with van der Waals surface area (Å²) in [6, 6.07) is 6.89. The summed E-state index contributed by atoms with van der Waals surface area (Å²) in [5, 5.41) is 3.47. The third-order valence-electron chi connectivity index (χ3n) is 4.13. The normalized spacial score (nSPS) is 19.3. The quantitative estimate of drug-likeness (QED) is 0.802. The number of hydrogen-bond donors (Lipinski definition) is 1. The molecule has 1 N–H and O–H groups in total. The molecule has 0 unspecified atom stereocenters. The molecule has 3 rings (SSSR count). The zero-order valence-electron chi connectivity index (χ0n) is 11.7. The van der Waals surface area contributed by atoms with Crippen LogP contribution in [-0.2, 0) is 6.42 Å². The zero-order valence-corrected chi connectivity index (χ0v) is 14.1. The van der Waals surface area contributed by atoms with Crippen molar-refractivity contribution in [2.75, 3.05) is 26.7 Å². The molecule has 1 aliphatic heterocycles. The van der Waals surface area contributed by atoms with Gasteiger partial charge in [-0.3, -0.25) is 4.99 Å². The number of guanidine groups is 1. The third kappa shape index (κ3) is 3.62. The highest BCUT2D eigenvalue weighted by molar-refractivity contribution is 14.0. The SMILES string of the molecule is CN1CCN=C1NCC1(Cc2ccc(F)cc2)CC1.I. The van der Waals surface area contributed by atoms with E-state index in [1.54, 1.807) is 12.1 Å². The van der Waals surface area contributed by atoms with Gasteiger partial charge in [0.2, 0.25) is 0 Å². The van der Waals surface area contributed by atoms with Gasteiger partial charge in [-0.05, 0) is 42.4 Å². The van der Waals surface area contributed by atoms with E-state index in [0.29, 0.717) is 5.41 Å². The van der Waals surface area contributed by atoms with Crippen molar-refractivity contribution in [3.05, 3.63) is 35.6 Å². The first kappa shape index (κ1) is 15.5. The molecule has 0 aromatic heterocycles. The molecule has 110 valence electrons. The van der Waals surface area contributed by atoms with Gasteiger partial charge in [-0.25, -0.2) is 4.39 Å². The number of nitrogens with one attached hydrogen (secondary N) is 1. The van der Waals surface area contributed by atoms with Crippen molar-refractivity contribution >= 4 is 29.9 Å². The summed E-state index contributed by atoms with van der Waals surface area (Å²) < 4.78 is 12.9. The highest BCUT2D eigenvalue weighted by atomic mass is 127. The van der Waals surface area contributed by atoms with Crippen molar-refractivity contribution in [2.45, 2.75) is 19.3 Å². The van der Waals surface area contributed by atoms with E-state index in [9.17, 15) is 4.39 Å². The van der Waals surface area contributed by atoms with E-state index in [1.165, 1.54) is 18.4 Å². The highest BCUT2D eigenvalue weighted by Gasteiger charge is 2.42. The molecule has 1 aromatic carbocycles. The Bertz CT molecular complexity index is 482. The van der Waals surface area contributed by atoms with Crippen LogP contribution in [0.1, 0.15) is 18.4 Å². The van der Waals surface area contributed by atoms with Crippen molar-refractivity contribution in [3.63, 3.8) is 0 Å². The molecule has 0 spiro atoms. The average molecular weight is 389 g/mol. The summed E-state index contributed by atoms with van der Waals surface area (Å²) in [6.07, 6.45) is 3.51. The molecule has 0 saturated heterocycles. The Morgan fingerprint density at radius 2 is 2.00 bits per heavy atom. The van der Waals surface area contributed by atoms with Crippen LogP contribution in [0, 0.1) is 11.2 Å². The van der Waals surface area contributed by atoms with E-state index < -0.39 is 0 Å². The summed E-state index contributed by atoms with van der Waals surface area (Å²) in [5.41, 5.74) is 1.58. The lowest BCUT2D eigenvalue weighted by Gasteiger charge is -2.20. The molecule has 1 aliphatic carbocycles. The molecule has 0 radical (unpaired) electrons. The van der Waals surface area contributed by atoms with E-state index in [0.717, 1.165) is 32.0 Å². The molecule has 1 fully saturated rings. The van der Waals surface area contributed by atoms with Crippen molar-refractivity contribution in [2.24, 2.45) is 10.4 Å². The Hall–Kier alpha value is -0.850. The summed E-state index contributed by atoms with van der Waals surface area (Å²) in [5.74, 6) is 0.860. The predicted molar refractivity (Wildman–Crippen MR) is 90.1 cm³/mol. The smallest absolute Gasteiger partial charge is 0.193 e. The molecule has 1 heterocycles. The lowest BCUT2D eigenvalue weighted by molar-refractivity contribution is 0.469. The van der Waals surface area contributed by atoms with Crippen LogP contribution >= 0.6 is 24.0 Å². The maximum Gasteiger partial charge on any atom is 0.193 e. The Balaban J connectivity index is 0.00000147. The minimum Gasteiger partial charge on any atom is -0.356 e. The largest absolute Gasteiger partial charge is 0.356 e. The van der Waals surface area contributed by atoms with E-state index >= 15 is 0 Å². The molecule has 1 aromatic rings. The molecule has 1 saturated carbocycles. The Morgan fingerprint density at radius 1 is 1.30 bits per heavy atom. The van der Waals surface area contributed by atoms with Gasteiger partial charge in [0.25, 0.3) is 0 Å². The van der Waals surface area contributed by atoms with Crippen LogP contribution in [0.2, 0.25) is 0 Å². The van der Waals surface area contributed by atoms with Crippen LogP contribution in [0.4, 0.5) is 4.39 Å². The molecule has 20 heavy (non-hydrogen) atoms. The maximum atomic E-state index is 12.9. The maximum absolute atomic E-state index is 12.9. The number of likely N-dealkylation sites (N-methyl/N-ethyl adjacent to an activating group) is 1. The standard InChI is InChI=1S/C15H20FN3.HI/c1-19-9-8-17-14(19)18-11-15(6-7-15)10-12-2-4-13(16)5-3-12;/h2-5H,6-11H2,1H3,(H,17,18);1H. The number of aliphatic imine (C=N–C) groups is 1. The molecule has 0 atom stereocenters. The first-order chi connectivity index (χ1) is 9.17. The van der Waals surface area contributed by atoms with Gasteiger partial charge in [-0.2, -0.15) is 0 Å². The molecule has 0 bridgehead atoms. The molecule has 2 aliphatic rings.